The van der Waals surface area contributed by atoms with Crippen LogP contribution in [0.5, 0.6) is 11.5 Å². The summed E-state index contributed by atoms with van der Waals surface area (Å²) in [6.07, 6.45) is 3.01. The van der Waals surface area contributed by atoms with E-state index in [1.54, 1.807) is 7.11 Å². The second-order valence-corrected chi connectivity index (χ2v) is 5.71. The molecular formula is C14H20ClNO2. The topological polar surface area (TPSA) is 44.5 Å². The molecular weight excluding hydrogens is 250 g/mol. The molecule has 0 aliphatic heterocycles. The first-order valence-electron chi connectivity index (χ1n) is 6.25. The Kier molecular flexibility index (Phi) is 3.74. The molecule has 1 aromatic carbocycles. The van der Waals surface area contributed by atoms with Crippen molar-refractivity contribution in [2.24, 2.45) is 5.73 Å². The van der Waals surface area contributed by atoms with Gasteiger partial charge in [0.05, 0.1) is 13.2 Å². The van der Waals surface area contributed by atoms with Crippen molar-refractivity contribution in [2.75, 3.05) is 7.11 Å². The van der Waals surface area contributed by atoms with Gasteiger partial charge in [-0.1, -0.05) is 11.6 Å². The fourth-order valence-electron chi connectivity index (χ4n) is 1.93. The van der Waals surface area contributed by atoms with Gasteiger partial charge in [-0.25, -0.2) is 0 Å². The first-order chi connectivity index (χ1) is 8.43. The van der Waals surface area contributed by atoms with E-state index >= 15 is 0 Å². The highest BCUT2D eigenvalue weighted by Crippen LogP contribution is 2.40. The maximum absolute atomic E-state index is 6.28. The molecule has 1 aliphatic rings. The van der Waals surface area contributed by atoms with Gasteiger partial charge >= 0.3 is 0 Å². The standard InChI is InChI=1S/C14H20ClNO2/c1-9(2)18-13-7-11(15)10(6-12(13)17-3)8-14(16)4-5-14/h6-7,9H,4-5,8,16H2,1-3H3. The van der Waals surface area contributed by atoms with Gasteiger partial charge in [0.25, 0.3) is 0 Å². The van der Waals surface area contributed by atoms with Crippen molar-refractivity contribution >= 4 is 11.6 Å². The van der Waals surface area contributed by atoms with Crippen LogP contribution >= 0.6 is 11.6 Å². The predicted molar refractivity (Wildman–Crippen MR) is 73.6 cm³/mol. The van der Waals surface area contributed by atoms with Crippen molar-refractivity contribution < 1.29 is 9.47 Å². The summed E-state index contributed by atoms with van der Waals surface area (Å²) in [5.41, 5.74) is 7.10. The number of hydrogen-bond donors (Lipinski definition) is 1. The van der Waals surface area contributed by atoms with Crippen LogP contribution in [0.2, 0.25) is 5.02 Å². The number of halogens is 1. The first-order valence-corrected chi connectivity index (χ1v) is 6.63. The lowest BCUT2D eigenvalue weighted by Gasteiger charge is -2.17. The lowest BCUT2D eigenvalue weighted by Crippen LogP contribution is -2.24. The maximum atomic E-state index is 6.28. The molecule has 0 unspecified atom stereocenters. The predicted octanol–water partition coefficient (Wildman–Crippen LogP) is 3.17. The Labute approximate surface area is 113 Å². The van der Waals surface area contributed by atoms with Crippen LogP contribution in [0.15, 0.2) is 12.1 Å². The molecule has 0 bridgehead atoms. The van der Waals surface area contributed by atoms with E-state index in [0.29, 0.717) is 16.5 Å². The quantitative estimate of drug-likeness (QED) is 0.893. The SMILES string of the molecule is COc1cc(CC2(N)CC2)c(Cl)cc1OC(C)C. The van der Waals surface area contributed by atoms with E-state index < -0.39 is 0 Å². The van der Waals surface area contributed by atoms with Crippen molar-refractivity contribution in [1.29, 1.82) is 0 Å². The van der Waals surface area contributed by atoms with Gasteiger partial charge in [0.2, 0.25) is 0 Å². The molecule has 1 aliphatic carbocycles. The number of methoxy groups -OCH3 is 1. The van der Waals surface area contributed by atoms with Crippen LogP contribution in [0.1, 0.15) is 32.3 Å². The van der Waals surface area contributed by atoms with Crippen LogP contribution in [0.25, 0.3) is 0 Å². The van der Waals surface area contributed by atoms with Crippen molar-refractivity contribution in [3.8, 4) is 11.5 Å². The van der Waals surface area contributed by atoms with Gasteiger partial charge in [-0.05, 0) is 44.7 Å². The van der Waals surface area contributed by atoms with Crippen LogP contribution in [-0.4, -0.2) is 18.8 Å². The molecule has 0 aromatic heterocycles. The lowest BCUT2D eigenvalue weighted by atomic mass is 10.0. The number of ether oxygens (including phenoxy) is 2. The van der Waals surface area contributed by atoms with E-state index in [1.165, 1.54) is 0 Å². The zero-order chi connectivity index (χ0) is 13.3. The molecule has 0 amide bonds. The number of benzene rings is 1. The zero-order valence-corrected chi connectivity index (χ0v) is 11.9. The second kappa shape index (κ2) is 4.98. The van der Waals surface area contributed by atoms with E-state index in [9.17, 15) is 0 Å². The van der Waals surface area contributed by atoms with Crippen molar-refractivity contribution in [1.82, 2.24) is 0 Å². The summed E-state index contributed by atoms with van der Waals surface area (Å²) in [4.78, 5) is 0. The monoisotopic (exact) mass is 269 g/mol. The number of rotatable bonds is 5. The molecule has 0 saturated heterocycles. The average Bonchev–Trinajstić information content (AvgIpc) is 2.99. The number of nitrogens with two attached hydrogens (primary N) is 1. The average molecular weight is 270 g/mol. The second-order valence-electron chi connectivity index (χ2n) is 5.30. The molecule has 0 radical (unpaired) electrons. The summed E-state index contributed by atoms with van der Waals surface area (Å²) in [6.45, 7) is 3.95. The molecule has 2 N–H and O–H groups in total. The zero-order valence-electron chi connectivity index (χ0n) is 11.1. The highest BCUT2D eigenvalue weighted by Gasteiger charge is 2.38. The van der Waals surface area contributed by atoms with Crippen LogP contribution in [0, 0.1) is 0 Å². The Bertz CT molecular complexity index is 442. The number of hydrogen-bond acceptors (Lipinski definition) is 3. The molecule has 2 rings (SSSR count). The summed E-state index contributed by atoms with van der Waals surface area (Å²) in [5.74, 6) is 1.40. The summed E-state index contributed by atoms with van der Waals surface area (Å²) in [7, 11) is 1.63. The molecule has 0 atom stereocenters. The summed E-state index contributed by atoms with van der Waals surface area (Å²) in [5, 5.41) is 0.697. The highest BCUT2D eigenvalue weighted by molar-refractivity contribution is 6.31. The van der Waals surface area contributed by atoms with E-state index in [2.05, 4.69) is 0 Å². The Morgan fingerprint density at radius 2 is 2.00 bits per heavy atom. The fraction of sp³-hybridized carbons (Fsp3) is 0.571. The molecule has 1 aromatic rings. The molecule has 4 heteroatoms. The first kappa shape index (κ1) is 13.5. The maximum Gasteiger partial charge on any atom is 0.163 e. The van der Waals surface area contributed by atoms with Crippen molar-refractivity contribution in [2.45, 2.75) is 44.8 Å². The Morgan fingerprint density at radius 3 is 2.50 bits per heavy atom. The minimum absolute atomic E-state index is 0.0604. The minimum Gasteiger partial charge on any atom is -0.493 e. The lowest BCUT2D eigenvalue weighted by molar-refractivity contribution is 0.230. The summed E-state index contributed by atoms with van der Waals surface area (Å²) < 4.78 is 11.0. The van der Waals surface area contributed by atoms with Gasteiger partial charge in [0.1, 0.15) is 0 Å². The molecule has 18 heavy (non-hydrogen) atoms. The van der Waals surface area contributed by atoms with Crippen molar-refractivity contribution in [3.63, 3.8) is 0 Å². The van der Waals surface area contributed by atoms with E-state index in [-0.39, 0.29) is 11.6 Å². The van der Waals surface area contributed by atoms with E-state index in [0.717, 1.165) is 24.8 Å². The third-order valence-corrected chi connectivity index (χ3v) is 3.48. The van der Waals surface area contributed by atoms with E-state index in [4.69, 9.17) is 26.8 Å². The molecule has 1 saturated carbocycles. The largest absolute Gasteiger partial charge is 0.493 e. The molecule has 100 valence electrons. The summed E-state index contributed by atoms with van der Waals surface area (Å²) >= 11 is 6.28. The van der Waals surface area contributed by atoms with Crippen LogP contribution in [-0.2, 0) is 6.42 Å². The molecule has 0 heterocycles. The van der Waals surface area contributed by atoms with Crippen LogP contribution in [0.4, 0.5) is 0 Å². The molecule has 0 spiro atoms. The van der Waals surface area contributed by atoms with Gasteiger partial charge in [0, 0.05) is 16.6 Å². The molecule has 3 nitrogen and oxygen atoms in total. The molecule has 1 fully saturated rings. The Balaban J connectivity index is 2.26. The van der Waals surface area contributed by atoms with Crippen LogP contribution in [0.3, 0.4) is 0 Å². The summed E-state index contributed by atoms with van der Waals surface area (Å²) in [6, 6.07) is 3.76. The van der Waals surface area contributed by atoms with Gasteiger partial charge in [0.15, 0.2) is 11.5 Å². The Hall–Kier alpha value is -0.930. The van der Waals surface area contributed by atoms with Crippen LogP contribution < -0.4 is 15.2 Å². The van der Waals surface area contributed by atoms with Gasteiger partial charge in [-0.3, -0.25) is 0 Å². The minimum atomic E-state index is -0.0604. The third kappa shape index (κ3) is 3.09. The highest BCUT2D eigenvalue weighted by atomic mass is 35.5. The van der Waals surface area contributed by atoms with E-state index in [1.807, 2.05) is 26.0 Å². The smallest absolute Gasteiger partial charge is 0.163 e. The normalized spacial score (nSPS) is 16.8. The van der Waals surface area contributed by atoms with Gasteiger partial charge in [-0.15, -0.1) is 0 Å². The third-order valence-electron chi connectivity index (χ3n) is 3.13. The van der Waals surface area contributed by atoms with Crippen molar-refractivity contribution in [3.05, 3.63) is 22.7 Å². The van der Waals surface area contributed by atoms with Gasteiger partial charge in [-0.2, -0.15) is 0 Å². The van der Waals surface area contributed by atoms with Gasteiger partial charge < -0.3 is 15.2 Å². The fourth-order valence-corrected chi connectivity index (χ4v) is 2.16. The Morgan fingerprint density at radius 1 is 1.33 bits per heavy atom.